The molecule has 0 bridgehead atoms. The molecule has 2 atom stereocenters. The number of hydrogen-bond acceptors (Lipinski definition) is 7. The number of likely N-dealkylation sites (N-methyl/N-ethyl adjacent to an activating group) is 1. The van der Waals surface area contributed by atoms with E-state index in [4.69, 9.17) is 9.26 Å². The number of rotatable bonds is 6. The Kier molecular flexibility index (Phi) is 4.62. The quantitative estimate of drug-likeness (QED) is 0.858. The molecule has 0 aliphatic carbocycles. The van der Waals surface area contributed by atoms with E-state index in [0.717, 1.165) is 6.54 Å². The topological polar surface area (TPSA) is 86.0 Å². The first-order valence-electron chi connectivity index (χ1n) is 6.59. The van der Waals surface area contributed by atoms with Crippen molar-refractivity contribution in [2.45, 2.75) is 32.7 Å². The third-order valence-electron chi connectivity index (χ3n) is 3.19. The Morgan fingerprint density at radius 2 is 2.15 bits per heavy atom. The number of hydrogen-bond donors (Lipinski definition) is 1. The van der Waals surface area contributed by atoms with Gasteiger partial charge in [-0.25, -0.2) is 9.97 Å². The summed E-state index contributed by atoms with van der Waals surface area (Å²) in [6.45, 7) is 7.10. The molecule has 108 valence electrons. The van der Waals surface area contributed by atoms with E-state index < -0.39 is 0 Å². The Labute approximate surface area is 117 Å². The van der Waals surface area contributed by atoms with Crippen molar-refractivity contribution < 1.29 is 9.26 Å². The maximum absolute atomic E-state index is 5.32. The molecule has 2 unspecified atom stereocenters. The third-order valence-corrected chi connectivity index (χ3v) is 3.19. The summed E-state index contributed by atoms with van der Waals surface area (Å²) < 4.78 is 10.4. The van der Waals surface area contributed by atoms with E-state index in [9.17, 15) is 0 Å². The standard InChI is InChI=1S/C13H19N5O2/c1-5-14-9(3)8(2)13-17-12(18-20-13)10-6-11(19-4)16-7-15-10/h6-9,14H,5H2,1-4H3. The van der Waals surface area contributed by atoms with Crippen LogP contribution in [0.2, 0.25) is 0 Å². The normalized spacial score (nSPS) is 14.0. The molecule has 0 aromatic carbocycles. The Bertz CT molecular complexity index is 557. The summed E-state index contributed by atoms with van der Waals surface area (Å²) in [5.41, 5.74) is 0.579. The summed E-state index contributed by atoms with van der Waals surface area (Å²) in [5, 5.41) is 7.30. The van der Waals surface area contributed by atoms with Gasteiger partial charge in [0.1, 0.15) is 12.0 Å². The van der Waals surface area contributed by atoms with Crippen LogP contribution in [0.25, 0.3) is 11.5 Å². The highest BCUT2D eigenvalue weighted by atomic mass is 16.5. The van der Waals surface area contributed by atoms with Crippen LogP contribution in [0.1, 0.15) is 32.6 Å². The van der Waals surface area contributed by atoms with Gasteiger partial charge in [0.2, 0.25) is 17.6 Å². The molecule has 0 radical (unpaired) electrons. The minimum Gasteiger partial charge on any atom is -0.481 e. The molecule has 0 aliphatic rings. The fraction of sp³-hybridized carbons (Fsp3) is 0.538. The largest absolute Gasteiger partial charge is 0.481 e. The van der Waals surface area contributed by atoms with Gasteiger partial charge in [0.25, 0.3) is 0 Å². The lowest BCUT2D eigenvalue weighted by atomic mass is 10.0. The molecule has 2 aromatic rings. The first-order valence-corrected chi connectivity index (χ1v) is 6.59. The van der Waals surface area contributed by atoms with Crippen LogP contribution in [0, 0.1) is 0 Å². The molecule has 0 fully saturated rings. The Morgan fingerprint density at radius 1 is 1.35 bits per heavy atom. The summed E-state index contributed by atoms with van der Waals surface area (Å²) >= 11 is 0. The fourth-order valence-corrected chi connectivity index (χ4v) is 1.81. The lowest BCUT2D eigenvalue weighted by Gasteiger charge is -2.16. The van der Waals surface area contributed by atoms with Gasteiger partial charge in [-0.3, -0.25) is 0 Å². The predicted molar refractivity (Wildman–Crippen MR) is 73.4 cm³/mol. The van der Waals surface area contributed by atoms with Crippen molar-refractivity contribution in [3.8, 4) is 17.4 Å². The van der Waals surface area contributed by atoms with Gasteiger partial charge in [0, 0.05) is 12.1 Å². The molecule has 0 amide bonds. The van der Waals surface area contributed by atoms with Gasteiger partial charge in [0.15, 0.2) is 0 Å². The van der Waals surface area contributed by atoms with E-state index in [1.165, 1.54) is 6.33 Å². The average molecular weight is 277 g/mol. The monoisotopic (exact) mass is 277 g/mol. The molecule has 20 heavy (non-hydrogen) atoms. The van der Waals surface area contributed by atoms with E-state index in [2.05, 4.69) is 39.3 Å². The number of nitrogens with one attached hydrogen (secondary N) is 1. The lowest BCUT2D eigenvalue weighted by Crippen LogP contribution is -2.30. The maximum atomic E-state index is 5.32. The number of aromatic nitrogens is 4. The average Bonchev–Trinajstić information content (AvgIpc) is 2.96. The van der Waals surface area contributed by atoms with Crippen molar-refractivity contribution in [1.82, 2.24) is 25.4 Å². The van der Waals surface area contributed by atoms with E-state index in [1.807, 2.05) is 6.92 Å². The molecule has 2 rings (SSSR count). The Hall–Kier alpha value is -2.02. The van der Waals surface area contributed by atoms with Crippen molar-refractivity contribution in [3.63, 3.8) is 0 Å². The zero-order valence-electron chi connectivity index (χ0n) is 12.1. The molecule has 0 saturated heterocycles. The number of ether oxygens (including phenoxy) is 1. The van der Waals surface area contributed by atoms with E-state index in [1.54, 1.807) is 13.2 Å². The van der Waals surface area contributed by atoms with Crippen LogP contribution in [-0.4, -0.2) is 39.8 Å². The predicted octanol–water partition coefficient (Wildman–Crippen LogP) is 1.64. The Balaban J connectivity index is 2.19. The lowest BCUT2D eigenvalue weighted by molar-refractivity contribution is 0.332. The van der Waals surface area contributed by atoms with Gasteiger partial charge < -0.3 is 14.6 Å². The molecular formula is C13H19N5O2. The molecule has 1 N–H and O–H groups in total. The molecular weight excluding hydrogens is 258 g/mol. The van der Waals surface area contributed by atoms with Gasteiger partial charge in [-0.2, -0.15) is 4.98 Å². The zero-order chi connectivity index (χ0) is 14.5. The molecule has 0 saturated carbocycles. The van der Waals surface area contributed by atoms with Crippen LogP contribution >= 0.6 is 0 Å². The maximum Gasteiger partial charge on any atom is 0.231 e. The van der Waals surface area contributed by atoms with Gasteiger partial charge in [0.05, 0.1) is 13.0 Å². The van der Waals surface area contributed by atoms with Crippen LogP contribution in [-0.2, 0) is 0 Å². The molecule has 7 heteroatoms. The smallest absolute Gasteiger partial charge is 0.231 e. The van der Waals surface area contributed by atoms with Gasteiger partial charge in [-0.15, -0.1) is 0 Å². The second-order valence-corrected chi connectivity index (χ2v) is 4.54. The first kappa shape index (κ1) is 14.4. The minimum atomic E-state index is 0.125. The van der Waals surface area contributed by atoms with Crippen molar-refractivity contribution in [2.75, 3.05) is 13.7 Å². The van der Waals surface area contributed by atoms with E-state index >= 15 is 0 Å². The van der Waals surface area contributed by atoms with Crippen LogP contribution < -0.4 is 10.1 Å². The summed E-state index contributed by atoms with van der Waals surface area (Å²) in [5.74, 6) is 1.62. The van der Waals surface area contributed by atoms with E-state index in [0.29, 0.717) is 23.3 Å². The minimum absolute atomic E-state index is 0.125. The molecule has 2 aromatic heterocycles. The molecule has 7 nitrogen and oxygen atoms in total. The highest BCUT2D eigenvalue weighted by Crippen LogP contribution is 2.21. The molecule has 2 heterocycles. The summed E-state index contributed by atoms with van der Waals surface area (Å²) in [6.07, 6.45) is 1.41. The van der Waals surface area contributed by atoms with Crippen LogP contribution in [0.5, 0.6) is 5.88 Å². The Morgan fingerprint density at radius 3 is 2.85 bits per heavy atom. The SMILES string of the molecule is CCNC(C)C(C)c1nc(-c2cc(OC)ncn2)no1. The summed E-state index contributed by atoms with van der Waals surface area (Å²) in [6, 6.07) is 1.93. The highest BCUT2D eigenvalue weighted by Gasteiger charge is 2.21. The fourth-order valence-electron chi connectivity index (χ4n) is 1.81. The first-order chi connectivity index (χ1) is 9.65. The van der Waals surface area contributed by atoms with Gasteiger partial charge in [-0.1, -0.05) is 19.0 Å². The summed E-state index contributed by atoms with van der Waals surface area (Å²) in [4.78, 5) is 12.5. The van der Waals surface area contributed by atoms with Gasteiger partial charge in [-0.05, 0) is 13.5 Å². The van der Waals surface area contributed by atoms with Crippen molar-refractivity contribution in [2.24, 2.45) is 0 Å². The van der Waals surface area contributed by atoms with Crippen molar-refractivity contribution in [3.05, 3.63) is 18.3 Å². The highest BCUT2D eigenvalue weighted by molar-refractivity contribution is 5.49. The second kappa shape index (κ2) is 6.42. The van der Waals surface area contributed by atoms with Crippen LogP contribution in [0.15, 0.2) is 16.9 Å². The van der Waals surface area contributed by atoms with Gasteiger partial charge >= 0.3 is 0 Å². The second-order valence-electron chi connectivity index (χ2n) is 4.54. The zero-order valence-corrected chi connectivity index (χ0v) is 12.1. The molecule has 0 spiro atoms. The third kappa shape index (κ3) is 3.11. The number of methoxy groups -OCH3 is 1. The van der Waals surface area contributed by atoms with Crippen molar-refractivity contribution in [1.29, 1.82) is 0 Å². The molecule has 0 aliphatic heterocycles. The number of nitrogens with zero attached hydrogens (tertiary/aromatic N) is 4. The van der Waals surface area contributed by atoms with Crippen LogP contribution in [0.4, 0.5) is 0 Å². The summed E-state index contributed by atoms with van der Waals surface area (Å²) in [7, 11) is 1.55. The van der Waals surface area contributed by atoms with Crippen LogP contribution in [0.3, 0.4) is 0 Å². The van der Waals surface area contributed by atoms with E-state index in [-0.39, 0.29) is 12.0 Å². The van der Waals surface area contributed by atoms with Crippen molar-refractivity contribution >= 4 is 0 Å².